The summed E-state index contributed by atoms with van der Waals surface area (Å²) in [6, 6.07) is 17.2. The fraction of sp³-hybridized carbons (Fsp3) is 0.125. The molecule has 2 aromatic carbocycles. The molecule has 0 fully saturated rings. The average Bonchev–Trinajstić information content (AvgIpc) is 2.87. The first kappa shape index (κ1) is 11.5. The van der Waals surface area contributed by atoms with E-state index in [9.17, 15) is 0 Å². The van der Waals surface area contributed by atoms with Gasteiger partial charge in [-0.2, -0.15) is 0 Å². The molecule has 3 rings (SSSR count). The fourth-order valence-electron chi connectivity index (χ4n) is 2.21. The summed E-state index contributed by atoms with van der Waals surface area (Å²) in [6.45, 7) is 2.02. The molecule has 0 aliphatic heterocycles. The summed E-state index contributed by atoms with van der Waals surface area (Å²) in [4.78, 5) is 0. The van der Waals surface area contributed by atoms with E-state index in [1.165, 1.54) is 26.8 Å². The first-order chi connectivity index (χ1) is 8.75. The van der Waals surface area contributed by atoms with Crippen molar-refractivity contribution in [2.45, 2.75) is 13.0 Å². The smallest absolute Gasteiger partial charge is 0.0421 e. The van der Waals surface area contributed by atoms with Gasteiger partial charge in [0.2, 0.25) is 0 Å². The average molecular weight is 253 g/mol. The van der Waals surface area contributed by atoms with Crippen molar-refractivity contribution in [3.05, 3.63) is 59.5 Å². The first-order valence-electron chi connectivity index (χ1n) is 6.08. The molecule has 18 heavy (non-hydrogen) atoms. The summed E-state index contributed by atoms with van der Waals surface area (Å²) >= 11 is 1.79. The van der Waals surface area contributed by atoms with Gasteiger partial charge < -0.3 is 5.73 Å². The predicted molar refractivity (Wildman–Crippen MR) is 79.9 cm³/mol. The molecule has 1 aromatic heterocycles. The van der Waals surface area contributed by atoms with Crippen LogP contribution in [-0.2, 0) is 0 Å². The highest BCUT2D eigenvalue weighted by atomic mass is 32.1. The number of fused-ring (bicyclic) bond motifs is 1. The highest BCUT2D eigenvalue weighted by Gasteiger charge is 2.06. The minimum absolute atomic E-state index is 0.0764. The van der Waals surface area contributed by atoms with Crippen molar-refractivity contribution in [1.82, 2.24) is 0 Å². The second-order valence-corrected chi connectivity index (χ2v) is 5.47. The van der Waals surface area contributed by atoms with Crippen LogP contribution in [0.3, 0.4) is 0 Å². The minimum atomic E-state index is 0.0764. The van der Waals surface area contributed by atoms with Crippen molar-refractivity contribution >= 4 is 21.4 Å². The van der Waals surface area contributed by atoms with Crippen LogP contribution in [-0.4, -0.2) is 0 Å². The van der Waals surface area contributed by atoms with Gasteiger partial charge in [0.15, 0.2) is 0 Å². The predicted octanol–water partition coefficient (Wildman–Crippen LogP) is 4.59. The zero-order valence-corrected chi connectivity index (χ0v) is 11.1. The molecule has 1 unspecified atom stereocenters. The highest BCUT2D eigenvalue weighted by Crippen LogP contribution is 2.33. The molecule has 90 valence electrons. The second-order valence-electron chi connectivity index (χ2n) is 4.56. The Morgan fingerprint density at radius 3 is 2.72 bits per heavy atom. The van der Waals surface area contributed by atoms with E-state index in [-0.39, 0.29) is 6.04 Å². The van der Waals surface area contributed by atoms with Gasteiger partial charge in [0, 0.05) is 10.7 Å². The summed E-state index contributed by atoms with van der Waals surface area (Å²) < 4.78 is 1.35. The van der Waals surface area contributed by atoms with Gasteiger partial charge in [-0.15, -0.1) is 11.3 Å². The van der Waals surface area contributed by atoms with E-state index >= 15 is 0 Å². The molecule has 2 heteroatoms. The maximum atomic E-state index is 5.96. The van der Waals surface area contributed by atoms with Crippen molar-refractivity contribution in [3.8, 4) is 11.1 Å². The molecular weight excluding hydrogens is 238 g/mol. The highest BCUT2D eigenvalue weighted by molar-refractivity contribution is 7.17. The van der Waals surface area contributed by atoms with Crippen molar-refractivity contribution in [2.24, 2.45) is 5.73 Å². The normalized spacial score (nSPS) is 12.8. The van der Waals surface area contributed by atoms with Gasteiger partial charge in [0.25, 0.3) is 0 Å². The summed E-state index contributed by atoms with van der Waals surface area (Å²) in [7, 11) is 0. The molecule has 1 atom stereocenters. The van der Waals surface area contributed by atoms with E-state index in [0.717, 1.165) is 0 Å². The van der Waals surface area contributed by atoms with E-state index in [2.05, 4.69) is 53.9 Å². The van der Waals surface area contributed by atoms with Crippen molar-refractivity contribution in [1.29, 1.82) is 0 Å². The Hall–Kier alpha value is -1.64. The van der Waals surface area contributed by atoms with Gasteiger partial charge in [-0.25, -0.2) is 0 Å². The van der Waals surface area contributed by atoms with E-state index < -0.39 is 0 Å². The van der Waals surface area contributed by atoms with Gasteiger partial charge >= 0.3 is 0 Å². The van der Waals surface area contributed by atoms with Crippen LogP contribution in [0.5, 0.6) is 0 Å². The molecule has 0 spiro atoms. The molecular formula is C16H15NS. The third-order valence-corrected chi connectivity index (χ3v) is 4.17. The van der Waals surface area contributed by atoms with Crippen LogP contribution in [0.4, 0.5) is 0 Å². The molecule has 3 aromatic rings. The SMILES string of the molecule is CC(N)c1cccc(-c2cccc3ccsc23)c1. The second kappa shape index (κ2) is 4.56. The van der Waals surface area contributed by atoms with Gasteiger partial charge in [-0.1, -0.05) is 36.4 Å². The quantitative estimate of drug-likeness (QED) is 0.710. The van der Waals surface area contributed by atoms with Crippen molar-refractivity contribution in [3.63, 3.8) is 0 Å². The lowest BCUT2D eigenvalue weighted by atomic mass is 10.00. The zero-order valence-electron chi connectivity index (χ0n) is 10.3. The van der Waals surface area contributed by atoms with E-state index in [4.69, 9.17) is 5.73 Å². The number of hydrogen-bond acceptors (Lipinski definition) is 2. The molecule has 0 saturated carbocycles. The third kappa shape index (κ3) is 1.94. The summed E-state index contributed by atoms with van der Waals surface area (Å²) in [5.74, 6) is 0. The topological polar surface area (TPSA) is 26.0 Å². The van der Waals surface area contributed by atoms with Crippen LogP contribution in [0.15, 0.2) is 53.9 Å². The molecule has 0 bridgehead atoms. The molecule has 2 N–H and O–H groups in total. The van der Waals surface area contributed by atoms with Gasteiger partial charge in [0.1, 0.15) is 0 Å². The molecule has 1 heterocycles. The lowest BCUT2D eigenvalue weighted by Crippen LogP contribution is -2.04. The van der Waals surface area contributed by atoms with Crippen LogP contribution < -0.4 is 5.73 Å². The molecule has 0 aliphatic carbocycles. The van der Waals surface area contributed by atoms with Crippen molar-refractivity contribution in [2.75, 3.05) is 0 Å². The Bertz CT molecular complexity index is 682. The number of thiophene rings is 1. The Kier molecular flexibility index (Phi) is 2.90. The van der Waals surface area contributed by atoms with Crippen LogP contribution in [0.1, 0.15) is 18.5 Å². The Morgan fingerprint density at radius 1 is 1.06 bits per heavy atom. The van der Waals surface area contributed by atoms with Crippen LogP contribution in [0.2, 0.25) is 0 Å². The minimum Gasteiger partial charge on any atom is -0.324 e. The Balaban J connectivity index is 2.20. The lowest BCUT2D eigenvalue weighted by molar-refractivity contribution is 0.819. The van der Waals surface area contributed by atoms with Crippen molar-refractivity contribution < 1.29 is 0 Å². The van der Waals surface area contributed by atoms with Gasteiger partial charge in [-0.3, -0.25) is 0 Å². The summed E-state index contributed by atoms with van der Waals surface area (Å²) in [5.41, 5.74) is 9.68. The Labute approximate surface area is 111 Å². The third-order valence-electron chi connectivity index (χ3n) is 3.20. The van der Waals surface area contributed by atoms with Crippen LogP contribution >= 0.6 is 11.3 Å². The number of benzene rings is 2. The monoisotopic (exact) mass is 253 g/mol. The fourth-order valence-corrected chi connectivity index (χ4v) is 3.15. The van der Waals surface area contributed by atoms with E-state index in [1.54, 1.807) is 11.3 Å². The number of rotatable bonds is 2. The molecule has 0 radical (unpaired) electrons. The summed E-state index contributed by atoms with van der Waals surface area (Å²) in [6.07, 6.45) is 0. The van der Waals surface area contributed by atoms with Gasteiger partial charge in [-0.05, 0) is 46.5 Å². The maximum absolute atomic E-state index is 5.96. The maximum Gasteiger partial charge on any atom is 0.0421 e. The van der Waals surface area contributed by atoms with E-state index in [0.29, 0.717) is 0 Å². The molecule has 0 saturated heterocycles. The largest absolute Gasteiger partial charge is 0.324 e. The molecule has 1 nitrogen and oxygen atoms in total. The zero-order chi connectivity index (χ0) is 12.5. The first-order valence-corrected chi connectivity index (χ1v) is 6.96. The lowest BCUT2D eigenvalue weighted by Gasteiger charge is -2.09. The summed E-state index contributed by atoms with van der Waals surface area (Å²) in [5, 5.41) is 3.45. The van der Waals surface area contributed by atoms with Gasteiger partial charge in [0.05, 0.1) is 0 Å². The standard InChI is InChI=1S/C16H15NS/c1-11(17)13-5-2-6-14(10-13)15-7-3-4-12-8-9-18-16(12)15/h2-11H,17H2,1H3. The van der Waals surface area contributed by atoms with Crippen LogP contribution in [0.25, 0.3) is 21.2 Å². The molecule has 0 aliphatic rings. The number of nitrogens with two attached hydrogens (primary N) is 1. The molecule has 0 amide bonds. The Morgan fingerprint density at radius 2 is 1.89 bits per heavy atom. The van der Waals surface area contributed by atoms with E-state index in [1.807, 2.05) is 6.92 Å². The number of hydrogen-bond donors (Lipinski definition) is 1. The van der Waals surface area contributed by atoms with Crippen LogP contribution in [0, 0.1) is 0 Å².